The predicted molar refractivity (Wildman–Crippen MR) is 130 cm³/mol. The maximum Gasteiger partial charge on any atom is 0.225 e. The number of carbonyl (C=O) groups is 1. The summed E-state index contributed by atoms with van der Waals surface area (Å²) in [7, 11) is 1.85. The van der Waals surface area contributed by atoms with Gasteiger partial charge in [-0.3, -0.25) is 14.7 Å². The van der Waals surface area contributed by atoms with Crippen molar-refractivity contribution in [1.29, 1.82) is 0 Å². The predicted octanol–water partition coefficient (Wildman–Crippen LogP) is 2.39. The van der Waals surface area contributed by atoms with Gasteiger partial charge < -0.3 is 15.5 Å². The molecule has 0 radical (unpaired) electrons. The Labute approximate surface area is 192 Å². The molecule has 2 N–H and O–H groups in total. The summed E-state index contributed by atoms with van der Waals surface area (Å²) in [6, 6.07) is 0.554. The van der Waals surface area contributed by atoms with E-state index >= 15 is 0 Å². The van der Waals surface area contributed by atoms with Gasteiger partial charge in [-0.2, -0.15) is 11.8 Å². The van der Waals surface area contributed by atoms with Crippen LogP contribution in [0.25, 0.3) is 0 Å². The highest BCUT2D eigenvalue weighted by molar-refractivity contribution is 14.0. The van der Waals surface area contributed by atoms with Crippen LogP contribution in [0.4, 0.5) is 0 Å². The molecule has 1 saturated heterocycles. The molecule has 0 spiro atoms. The molecule has 162 valence electrons. The highest BCUT2D eigenvalue weighted by atomic mass is 127. The zero-order valence-electron chi connectivity index (χ0n) is 17.5. The van der Waals surface area contributed by atoms with Gasteiger partial charge in [0.25, 0.3) is 0 Å². The van der Waals surface area contributed by atoms with Crippen molar-refractivity contribution in [2.75, 3.05) is 52.6 Å². The lowest BCUT2D eigenvalue weighted by molar-refractivity contribution is -0.137. The van der Waals surface area contributed by atoms with Crippen LogP contribution >= 0.6 is 35.7 Å². The van der Waals surface area contributed by atoms with Crippen molar-refractivity contribution in [2.45, 2.75) is 56.2 Å². The van der Waals surface area contributed by atoms with E-state index in [9.17, 15) is 4.79 Å². The number of thioether (sulfide) groups is 1. The molecule has 2 unspecified atom stereocenters. The first-order valence-electron chi connectivity index (χ1n) is 10.7. The first-order chi connectivity index (χ1) is 13.2. The number of hydrogen-bond donors (Lipinski definition) is 2. The second-order valence-corrected chi connectivity index (χ2v) is 9.30. The number of guanidine groups is 1. The summed E-state index contributed by atoms with van der Waals surface area (Å²) >= 11 is 1.98. The molecule has 3 aliphatic rings. The molecule has 2 saturated carbocycles. The van der Waals surface area contributed by atoms with Gasteiger partial charge in [0, 0.05) is 63.5 Å². The van der Waals surface area contributed by atoms with Gasteiger partial charge in [0.05, 0.1) is 0 Å². The Kier molecular flexibility index (Phi) is 10.7. The van der Waals surface area contributed by atoms with Crippen LogP contribution in [-0.2, 0) is 4.79 Å². The van der Waals surface area contributed by atoms with Gasteiger partial charge in [-0.25, -0.2) is 0 Å². The van der Waals surface area contributed by atoms with Crippen molar-refractivity contribution >= 4 is 47.6 Å². The van der Waals surface area contributed by atoms with Crippen molar-refractivity contribution < 1.29 is 4.79 Å². The third-order valence-electron chi connectivity index (χ3n) is 6.39. The summed E-state index contributed by atoms with van der Waals surface area (Å²) in [5.74, 6) is 1.65. The van der Waals surface area contributed by atoms with E-state index in [0.717, 1.165) is 63.3 Å². The van der Waals surface area contributed by atoms with Crippen molar-refractivity contribution in [1.82, 2.24) is 20.4 Å². The maximum absolute atomic E-state index is 12.5. The van der Waals surface area contributed by atoms with Gasteiger partial charge in [-0.15, -0.1) is 24.0 Å². The zero-order valence-corrected chi connectivity index (χ0v) is 20.6. The fourth-order valence-corrected chi connectivity index (χ4v) is 5.43. The molecule has 2 aliphatic carbocycles. The second kappa shape index (κ2) is 12.5. The van der Waals surface area contributed by atoms with Gasteiger partial charge in [0.2, 0.25) is 5.91 Å². The Bertz CT molecular complexity index is 507. The molecule has 1 amide bonds. The standard InChI is InChI=1S/C20H37N5OS.HI/c1-21-20(23-17-7-8-18(15-17)27-2)22-9-10-24-11-13-25(14-12-24)19(26)16-5-3-4-6-16;/h16-18H,3-15H2,1-2H3,(H2,21,22,23);1H. The zero-order chi connectivity index (χ0) is 19.1. The molecule has 0 aromatic carbocycles. The van der Waals surface area contributed by atoms with Crippen molar-refractivity contribution in [3.05, 3.63) is 0 Å². The van der Waals surface area contributed by atoms with E-state index in [0.29, 0.717) is 17.9 Å². The van der Waals surface area contributed by atoms with E-state index < -0.39 is 0 Å². The molecule has 0 aromatic heterocycles. The van der Waals surface area contributed by atoms with E-state index in [2.05, 4.69) is 31.7 Å². The van der Waals surface area contributed by atoms with Crippen LogP contribution in [0.15, 0.2) is 4.99 Å². The van der Waals surface area contributed by atoms with Gasteiger partial charge >= 0.3 is 0 Å². The minimum atomic E-state index is 0. The lowest BCUT2D eigenvalue weighted by atomic mass is 10.1. The third kappa shape index (κ3) is 6.93. The quantitative estimate of drug-likeness (QED) is 0.318. The summed E-state index contributed by atoms with van der Waals surface area (Å²) in [6.45, 7) is 5.66. The molecule has 8 heteroatoms. The van der Waals surface area contributed by atoms with Crippen LogP contribution in [0.3, 0.4) is 0 Å². The van der Waals surface area contributed by atoms with Crippen molar-refractivity contribution in [3.63, 3.8) is 0 Å². The smallest absolute Gasteiger partial charge is 0.225 e. The number of hydrogen-bond acceptors (Lipinski definition) is 4. The Hall–Kier alpha value is -0.220. The fourth-order valence-electron chi connectivity index (χ4n) is 4.63. The number of rotatable bonds is 6. The molecule has 2 atom stereocenters. The molecule has 1 aliphatic heterocycles. The van der Waals surface area contributed by atoms with Gasteiger partial charge in [-0.05, 0) is 38.4 Å². The highest BCUT2D eigenvalue weighted by Gasteiger charge is 2.29. The van der Waals surface area contributed by atoms with Gasteiger partial charge in [0.1, 0.15) is 0 Å². The lowest BCUT2D eigenvalue weighted by Crippen LogP contribution is -2.52. The molecular weight excluding hydrogens is 485 g/mol. The Morgan fingerprint density at radius 1 is 1.11 bits per heavy atom. The average molecular weight is 524 g/mol. The Morgan fingerprint density at radius 2 is 1.82 bits per heavy atom. The molecule has 1 heterocycles. The minimum Gasteiger partial charge on any atom is -0.355 e. The number of amides is 1. The summed E-state index contributed by atoms with van der Waals surface area (Å²) in [4.78, 5) is 21.5. The summed E-state index contributed by atoms with van der Waals surface area (Å²) in [5, 5.41) is 7.84. The molecular formula is C20H38IN5OS. The van der Waals surface area contributed by atoms with Crippen LogP contribution in [0.2, 0.25) is 0 Å². The molecule has 6 nitrogen and oxygen atoms in total. The van der Waals surface area contributed by atoms with E-state index in [1.165, 1.54) is 32.1 Å². The number of aliphatic imine (C=N–C) groups is 1. The summed E-state index contributed by atoms with van der Waals surface area (Å²) < 4.78 is 0. The highest BCUT2D eigenvalue weighted by Crippen LogP contribution is 2.28. The number of nitrogens with zero attached hydrogens (tertiary/aromatic N) is 3. The number of carbonyl (C=O) groups excluding carboxylic acids is 1. The van der Waals surface area contributed by atoms with Crippen LogP contribution in [-0.4, -0.2) is 85.5 Å². The van der Waals surface area contributed by atoms with Gasteiger partial charge in [0.15, 0.2) is 5.96 Å². The van der Waals surface area contributed by atoms with E-state index in [1.807, 2.05) is 18.8 Å². The molecule has 3 fully saturated rings. The Morgan fingerprint density at radius 3 is 2.43 bits per heavy atom. The Balaban J connectivity index is 0.00000280. The molecule has 3 rings (SSSR count). The van der Waals surface area contributed by atoms with Crippen molar-refractivity contribution in [2.24, 2.45) is 10.9 Å². The molecule has 0 bridgehead atoms. The first-order valence-corrected chi connectivity index (χ1v) is 12.0. The molecule has 0 aromatic rings. The third-order valence-corrected chi connectivity index (χ3v) is 7.49. The summed E-state index contributed by atoms with van der Waals surface area (Å²) in [5.41, 5.74) is 0. The van der Waals surface area contributed by atoms with E-state index in [1.54, 1.807) is 0 Å². The first kappa shape index (κ1) is 24.1. The van der Waals surface area contributed by atoms with Crippen LogP contribution in [0.1, 0.15) is 44.9 Å². The number of nitrogens with one attached hydrogen (secondary N) is 2. The largest absolute Gasteiger partial charge is 0.355 e. The minimum absolute atomic E-state index is 0. The SMILES string of the molecule is CN=C(NCCN1CCN(C(=O)C2CCCC2)CC1)NC1CCC(SC)C1.I. The topological polar surface area (TPSA) is 60.0 Å². The van der Waals surface area contributed by atoms with E-state index in [4.69, 9.17) is 0 Å². The average Bonchev–Trinajstić information content (AvgIpc) is 3.39. The van der Waals surface area contributed by atoms with E-state index in [-0.39, 0.29) is 24.0 Å². The van der Waals surface area contributed by atoms with Crippen LogP contribution < -0.4 is 10.6 Å². The number of piperazine rings is 1. The second-order valence-electron chi connectivity index (χ2n) is 8.16. The van der Waals surface area contributed by atoms with Gasteiger partial charge in [-0.1, -0.05) is 12.8 Å². The van der Waals surface area contributed by atoms with Crippen molar-refractivity contribution in [3.8, 4) is 0 Å². The lowest BCUT2D eigenvalue weighted by Gasteiger charge is -2.36. The number of halogens is 1. The maximum atomic E-state index is 12.5. The van der Waals surface area contributed by atoms with Crippen LogP contribution in [0.5, 0.6) is 0 Å². The molecule has 28 heavy (non-hydrogen) atoms. The van der Waals surface area contributed by atoms with Crippen LogP contribution in [0, 0.1) is 5.92 Å². The normalized spacial score (nSPS) is 26.9. The summed E-state index contributed by atoms with van der Waals surface area (Å²) in [6.07, 6.45) is 10.7. The fraction of sp³-hybridized carbons (Fsp3) is 0.900. The monoisotopic (exact) mass is 523 g/mol.